The number of hydrazine groups is 1. The molecule has 6 heteroatoms. The first-order valence-corrected chi connectivity index (χ1v) is 8.19. The number of carbonyl (C=O) groups excluding carboxylic acids is 1. The van der Waals surface area contributed by atoms with Crippen molar-refractivity contribution in [3.05, 3.63) is 40.6 Å². The highest BCUT2D eigenvalue weighted by atomic mass is 16.2. The molecule has 1 aromatic carbocycles. The SMILES string of the molecule is CNC1NC(=O)C2=CN(c3c(C)cc(C4CC4)cc3C)NC2N1. The van der Waals surface area contributed by atoms with E-state index in [2.05, 4.69) is 47.4 Å². The summed E-state index contributed by atoms with van der Waals surface area (Å²) in [6.07, 6.45) is 4.11. The monoisotopic (exact) mass is 313 g/mol. The molecule has 2 atom stereocenters. The lowest BCUT2D eigenvalue weighted by Gasteiger charge is -2.31. The van der Waals surface area contributed by atoms with Crippen molar-refractivity contribution < 1.29 is 4.79 Å². The molecule has 3 aliphatic rings. The number of hydrogen-bond donors (Lipinski definition) is 4. The van der Waals surface area contributed by atoms with Crippen LogP contribution in [0.1, 0.15) is 35.4 Å². The molecule has 0 spiro atoms. The zero-order chi connectivity index (χ0) is 16.1. The lowest BCUT2D eigenvalue weighted by atomic mass is 10.0. The highest BCUT2D eigenvalue weighted by molar-refractivity contribution is 5.96. The molecule has 1 saturated heterocycles. The third kappa shape index (κ3) is 2.52. The average molecular weight is 313 g/mol. The molecule has 23 heavy (non-hydrogen) atoms. The minimum absolute atomic E-state index is 0.0481. The van der Waals surface area contributed by atoms with Crippen molar-refractivity contribution in [2.24, 2.45) is 0 Å². The fourth-order valence-electron chi connectivity index (χ4n) is 3.51. The van der Waals surface area contributed by atoms with Crippen molar-refractivity contribution in [1.29, 1.82) is 0 Å². The summed E-state index contributed by atoms with van der Waals surface area (Å²) in [4.78, 5) is 12.2. The molecule has 122 valence electrons. The number of nitrogens with zero attached hydrogens (tertiary/aromatic N) is 1. The Hall–Kier alpha value is -1.89. The van der Waals surface area contributed by atoms with E-state index in [-0.39, 0.29) is 18.4 Å². The fraction of sp³-hybridized carbons (Fsp3) is 0.471. The Morgan fingerprint density at radius 1 is 1.22 bits per heavy atom. The number of amides is 1. The fourth-order valence-corrected chi connectivity index (χ4v) is 3.51. The van der Waals surface area contributed by atoms with Gasteiger partial charge in [-0.1, -0.05) is 12.1 Å². The third-order valence-electron chi connectivity index (χ3n) is 4.81. The number of hydrogen-bond acceptors (Lipinski definition) is 5. The van der Waals surface area contributed by atoms with E-state index in [1.165, 1.54) is 29.5 Å². The number of benzene rings is 1. The molecule has 1 saturated carbocycles. The highest BCUT2D eigenvalue weighted by Gasteiger charge is 2.36. The molecular weight excluding hydrogens is 290 g/mol. The number of carbonyl (C=O) groups is 1. The van der Waals surface area contributed by atoms with Crippen LogP contribution in [0.25, 0.3) is 0 Å². The first-order chi connectivity index (χ1) is 11.1. The predicted octanol–water partition coefficient (Wildman–Crippen LogP) is 0.938. The third-order valence-corrected chi connectivity index (χ3v) is 4.81. The van der Waals surface area contributed by atoms with E-state index in [1.807, 2.05) is 18.3 Å². The number of nitrogens with one attached hydrogen (secondary N) is 4. The summed E-state index contributed by atoms with van der Waals surface area (Å²) in [5, 5.41) is 11.2. The van der Waals surface area contributed by atoms with E-state index < -0.39 is 0 Å². The van der Waals surface area contributed by atoms with Crippen LogP contribution >= 0.6 is 0 Å². The summed E-state index contributed by atoms with van der Waals surface area (Å²) >= 11 is 0. The van der Waals surface area contributed by atoms with Gasteiger partial charge in [0.2, 0.25) is 0 Å². The first-order valence-electron chi connectivity index (χ1n) is 8.19. The van der Waals surface area contributed by atoms with Crippen LogP contribution in [0.15, 0.2) is 23.9 Å². The van der Waals surface area contributed by atoms with Gasteiger partial charge in [-0.3, -0.25) is 20.4 Å². The molecule has 2 heterocycles. The van der Waals surface area contributed by atoms with E-state index >= 15 is 0 Å². The minimum atomic E-state index is -0.225. The quantitative estimate of drug-likeness (QED) is 0.669. The minimum Gasteiger partial charge on any atom is -0.324 e. The van der Waals surface area contributed by atoms with Gasteiger partial charge in [-0.15, -0.1) is 0 Å². The molecule has 2 fully saturated rings. The van der Waals surface area contributed by atoms with Gasteiger partial charge in [0, 0.05) is 6.20 Å². The normalized spacial score (nSPS) is 26.8. The van der Waals surface area contributed by atoms with Gasteiger partial charge in [-0.25, -0.2) is 5.43 Å². The summed E-state index contributed by atoms with van der Waals surface area (Å²) in [5.74, 6) is 0.700. The van der Waals surface area contributed by atoms with Crippen molar-refractivity contribution in [3.8, 4) is 0 Å². The molecule has 4 rings (SSSR count). The van der Waals surface area contributed by atoms with E-state index in [9.17, 15) is 4.79 Å². The summed E-state index contributed by atoms with van der Waals surface area (Å²) in [7, 11) is 1.81. The van der Waals surface area contributed by atoms with Gasteiger partial charge in [0.25, 0.3) is 5.91 Å². The van der Waals surface area contributed by atoms with Gasteiger partial charge in [0.05, 0.1) is 11.3 Å². The van der Waals surface area contributed by atoms with Crippen molar-refractivity contribution >= 4 is 11.6 Å². The van der Waals surface area contributed by atoms with Crippen molar-refractivity contribution in [1.82, 2.24) is 21.4 Å². The van der Waals surface area contributed by atoms with Gasteiger partial charge in [0.1, 0.15) is 12.5 Å². The van der Waals surface area contributed by atoms with Crippen LogP contribution in [0.5, 0.6) is 0 Å². The molecule has 1 amide bonds. The van der Waals surface area contributed by atoms with Crippen LogP contribution < -0.4 is 26.4 Å². The number of anilines is 1. The second-order valence-corrected chi connectivity index (χ2v) is 6.66. The Balaban J connectivity index is 1.64. The first kappa shape index (κ1) is 14.7. The van der Waals surface area contributed by atoms with E-state index in [1.54, 1.807) is 0 Å². The predicted molar refractivity (Wildman–Crippen MR) is 89.5 cm³/mol. The lowest BCUT2D eigenvalue weighted by molar-refractivity contribution is -0.120. The van der Waals surface area contributed by atoms with Crippen LogP contribution in [0.4, 0.5) is 5.69 Å². The molecule has 6 nitrogen and oxygen atoms in total. The van der Waals surface area contributed by atoms with Crippen LogP contribution in [-0.2, 0) is 4.79 Å². The Kier molecular flexibility index (Phi) is 3.41. The Morgan fingerprint density at radius 3 is 2.52 bits per heavy atom. The summed E-state index contributed by atoms with van der Waals surface area (Å²) in [5.41, 5.74) is 9.14. The number of aryl methyl sites for hydroxylation is 2. The van der Waals surface area contributed by atoms with Crippen LogP contribution in [0.2, 0.25) is 0 Å². The van der Waals surface area contributed by atoms with Crippen LogP contribution in [0, 0.1) is 13.8 Å². The van der Waals surface area contributed by atoms with Crippen molar-refractivity contribution in [3.63, 3.8) is 0 Å². The molecule has 0 aromatic heterocycles. The Morgan fingerprint density at radius 2 is 1.91 bits per heavy atom. The van der Waals surface area contributed by atoms with E-state index in [0.29, 0.717) is 5.57 Å². The second kappa shape index (κ2) is 5.33. The molecule has 4 N–H and O–H groups in total. The summed E-state index contributed by atoms with van der Waals surface area (Å²) in [6, 6.07) is 4.57. The highest BCUT2D eigenvalue weighted by Crippen LogP contribution is 2.42. The van der Waals surface area contributed by atoms with Gasteiger partial charge < -0.3 is 5.32 Å². The second-order valence-electron chi connectivity index (χ2n) is 6.66. The smallest absolute Gasteiger partial charge is 0.253 e. The molecule has 2 aliphatic heterocycles. The summed E-state index contributed by atoms with van der Waals surface area (Å²) in [6.45, 7) is 4.28. The molecule has 0 bridgehead atoms. The van der Waals surface area contributed by atoms with Crippen LogP contribution in [-0.4, -0.2) is 25.4 Å². The van der Waals surface area contributed by atoms with E-state index in [0.717, 1.165) is 11.6 Å². The number of rotatable bonds is 3. The summed E-state index contributed by atoms with van der Waals surface area (Å²) < 4.78 is 0. The van der Waals surface area contributed by atoms with Crippen molar-refractivity contribution in [2.75, 3.05) is 12.1 Å². The average Bonchev–Trinajstić information content (AvgIpc) is 3.27. The Bertz CT molecular complexity index is 671. The maximum atomic E-state index is 12.2. The number of fused-ring (bicyclic) bond motifs is 1. The zero-order valence-electron chi connectivity index (χ0n) is 13.7. The molecular formula is C17H23N5O. The Labute approximate surface area is 136 Å². The van der Waals surface area contributed by atoms with Gasteiger partial charge >= 0.3 is 0 Å². The maximum absolute atomic E-state index is 12.2. The zero-order valence-corrected chi connectivity index (χ0v) is 13.7. The lowest BCUT2D eigenvalue weighted by Crippen LogP contribution is -2.65. The van der Waals surface area contributed by atoms with E-state index in [4.69, 9.17) is 0 Å². The molecule has 2 unspecified atom stereocenters. The molecule has 0 radical (unpaired) electrons. The van der Waals surface area contributed by atoms with Gasteiger partial charge in [0.15, 0.2) is 0 Å². The molecule has 1 aliphatic carbocycles. The van der Waals surface area contributed by atoms with Gasteiger partial charge in [-0.2, -0.15) is 0 Å². The van der Waals surface area contributed by atoms with Gasteiger partial charge in [-0.05, 0) is 56.3 Å². The standard InChI is InChI=1S/C17H23N5O/c1-9-6-12(11-4-5-11)7-10(2)14(9)22-8-13-15(21-22)19-17(18-3)20-16(13)23/h6-8,11,15,17-19,21H,4-5H2,1-3H3,(H,20,23). The maximum Gasteiger partial charge on any atom is 0.253 e. The topological polar surface area (TPSA) is 68.4 Å². The van der Waals surface area contributed by atoms with Crippen LogP contribution in [0.3, 0.4) is 0 Å². The molecule has 1 aromatic rings. The van der Waals surface area contributed by atoms with Crippen molar-refractivity contribution in [2.45, 2.75) is 45.1 Å². The largest absolute Gasteiger partial charge is 0.324 e.